The zero-order chi connectivity index (χ0) is 70.7. The van der Waals surface area contributed by atoms with Gasteiger partial charge < -0.3 is 33.8 Å². The lowest BCUT2D eigenvalue weighted by Gasteiger charge is -2.21. The first-order valence-electron chi connectivity index (χ1n) is 40.0. The second-order valence-electron chi connectivity index (χ2n) is 28.5. The van der Waals surface area contributed by atoms with Crippen molar-refractivity contribution in [3.05, 3.63) is 0 Å². The SMILES string of the molecule is CCCCCCCCCCCCCCCCCCCCCCC(=O)O[C@H](COC(=O)CCCCCCCCCCCCCCCCCCC(C)C)COP(=O)(O)OC[C@@H](O)COP(=O)(O)OC[C@@H](COC(=O)CCCCCCC)OC(=O)CCCCCCCCCCC(C)CC. The smallest absolute Gasteiger partial charge is 0.462 e. The molecule has 0 aliphatic heterocycles. The van der Waals surface area contributed by atoms with Crippen LogP contribution in [-0.2, 0) is 65.4 Å². The fourth-order valence-corrected chi connectivity index (χ4v) is 13.4. The summed E-state index contributed by atoms with van der Waals surface area (Å²) < 4.78 is 68.3. The minimum atomic E-state index is -4.96. The molecule has 0 aliphatic rings. The summed E-state index contributed by atoms with van der Waals surface area (Å²) in [5, 5.41) is 10.6. The van der Waals surface area contributed by atoms with Crippen LogP contribution in [0.4, 0.5) is 0 Å². The Morgan fingerprint density at radius 1 is 0.302 bits per heavy atom. The lowest BCUT2D eigenvalue weighted by atomic mass is 9.99. The fraction of sp³-hybridized carbons (Fsp3) is 0.948. The number of phosphoric acid groups is 2. The monoisotopic (exact) mass is 1410 g/mol. The van der Waals surface area contributed by atoms with Gasteiger partial charge in [-0.05, 0) is 37.5 Å². The van der Waals surface area contributed by atoms with Crippen molar-refractivity contribution in [1.82, 2.24) is 0 Å². The number of aliphatic hydroxyl groups excluding tert-OH is 1. The van der Waals surface area contributed by atoms with Gasteiger partial charge in [-0.3, -0.25) is 37.3 Å². The molecule has 0 bridgehead atoms. The number of carbonyl (C=O) groups excluding carboxylic acids is 4. The van der Waals surface area contributed by atoms with Gasteiger partial charge >= 0.3 is 39.5 Å². The molecule has 0 heterocycles. The van der Waals surface area contributed by atoms with E-state index in [1.165, 1.54) is 212 Å². The van der Waals surface area contributed by atoms with E-state index in [0.717, 1.165) is 108 Å². The minimum Gasteiger partial charge on any atom is -0.462 e. The van der Waals surface area contributed by atoms with Gasteiger partial charge in [-0.2, -0.15) is 0 Å². The molecule has 17 nitrogen and oxygen atoms in total. The number of aliphatic hydroxyl groups is 1. The molecule has 6 atom stereocenters. The molecule has 0 fully saturated rings. The molecule has 0 aliphatic carbocycles. The molecule has 0 saturated carbocycles. The summed E-state index contributed by atoms with van der Waals surface area (Å²) in [5.74, 6) is -0.545. The highest BCUT2D eigenvalue weighted by Crippen LogP contribution is 2.45. The van der Waals surface area contributed by atoms with Crippen LogP contribution in [0.2, 0.25) is 0 Å². The number of phosphoric ester groups is 2. The van der Waals surface area contributed by atoms with Crippen molar-refractivity contribution in [1.29, 1.82) is 0 Å². The van der Waals surface area contributed by atoms with E-state index < -0.39 is 97.5 Å². The Labute approximate surface area is 588 Å². The van der Waals surface area contributed by atoms with Crippen LogP contribution in [0.5, 0.6) is 0 Å². The van der Waals surface area contributed by atoms with E-state index in [2.05, 4.69) is 41.5 Å². The van der Waals surface area contributed by atoms with Gasteiger partial charge in [0.15, 0.2) is 12.2 Å². The van der Waals surface area contributed by atoms with Crippen LogP contribution >= 0.6 is 15.6 Å². The predicted molar refractivity (Wildman–Crippen MR) is 391 cm³/mol. The van der Waals surface area contributed by atoms with Gasteiger partial charge in [0.2, 0.25) is 0 Å². The van der Waals surface area contributed by atoms with E-state index in [0.29, 0.717) is 25.7 Å². The molecule has 0 amide bonds. The number of hydrogen-bond acceptors (Lipinski definition) is 15. The van der Waals surface area contributed by atoms with Crippen LogP contribution in [0.3, 0.4) is 0 Å². The van der Waals surface area contributed by atoms with Crippen molar-refractivity contribution < 1.29 is 80.2 Å². The summed E-state index contributed by atoms with van der Waals surface area (Å²) >= 11 is 0. The molecule has 96 heavy (non-hydrogen) atoms. The summed E-state index contributed by atoms with van der Waals surface area (Å²) in [6.07, 6.45) is 57.4. The summed E-state index contributed by atoms with van der Waals surface area (Å²) in [6.45, 7) is 9.54. The fourth-order valence-electron chi connectivity index (χ4n) is 11.8. The highest BCUT2D eigenvalue weighted by Gasteiger charge is 2.30. The normalized spacial score (nSPS) is 14.3. The van der Waals surface area contributed by atoms with Gasteiger partial charge in [0.1, 0.15) is 19.3 Å². The van der Waals surface area contributed by atoms with Gasteiger partial charge in [0.25, 0.3) is 0 Å². The molecular weight excluding hydrogens is 1260 g/mol. The molecule has 570 valence electrons. The average Bonchev–Trinajstić information content (AvgIpc) is 1.19. The van der Waals surface area contributed by atoms with Crippen LogP contribution in [0.15, 0.2) is 0 Å². The summed E-state index contributed by atoms with van der Waals surface area (Å²) in [4.78, 5) is 72.5. The molecule has 3 unspecified atom stereocenters. The van der Waals surface area contributed by atoms with Gasteiger partial charge in [-0.15, -0.1) is 0 Å². The van der Waals surface area contributed by atoms with Gasteiger partial charge in [-0.25, -0.2) is 9.13 Å². The zero-order valence-corrected chi connectivity index (χ0v) is 64.5. The van der Waals surface area contributed by atoms with Crippen LogP contribution in [0.1, 0.15) is 401 Å². The third-order valence-corrected chi connectivity index (χ3v) is 20.2. The maximum absolute atomic E-state index is 13.1. The van der Waals surface area contributed by atoms with E-state index in [-0.39, 0.29) is 25.7 Å². The van der Waals surface area contributed by atoms with Crippen LogP contribution in [0.25, 0.3) is 0 Å². The number of carbonyl (C=O) groups is 4. The summed E-state index contributed by atoms with van der Waals surface area (Å²) in [6, 6.07) is 0. The topological polar surface area (TPSA) is 237 Å². The minimum absolute atomic E-state index is 0.104. The molecule has 0 rings (SSSR count). The van der Waals surface area contributed by atoms with E-state index in [1.807, 2.05) is 0 Å². The first kappa shape index (κ1) is 94.1. The van der Waals surface area contributed by atoms with Crippen molar-refractivity contribution in [3.63, 3.8) is 0 Å². The van der Waals surface area contributed by atoms with Crippen molar-refractivity contribution >= 4 is 39.5 Å². The van der Waals surface area contributed by atoms with E-state index >= 15 is 0 Å². The van der Waals surface area contributed by atoms with Crippen LogP contribution in [0, 0.1) is 11.8 Å². The first-order valence-corrected chi connectivity index (χ1v) is 43.0. The Morgan fingerprint density at radius 3 is 0.792 bits per heavy atom. The molecule has 19 heteroatoms. The van der Waals surface area contributed by atoms with E-state index in [9.17, 15) is 43.2 Å². The number of unbranched alkanes of at least 4 members (excludes halogenated alkanes) is 45. The molecule has 0 aromatic rings. The van der Waals surface area contributed by atoms with Crippen LogP contribution < -0.4 is 0 Å². The number of rotatable bonds is 76. The third kappa shape index (κ3) is 69.2. The average molecular weight is 1410 g/mol. The largest absolute Gasteiger partial charge is 0.472 e. The van der Waals surface area contributed by atoms with E-state index in [4.69, 9.17) is 37.0 Å². The number of esters is 4. The highest BCUT2D eigenvalue weighted by molar-refractivity contribution is 7.47. The second-order valence-corrected chi connectivity index (χ2v) is 31.4. The maximum atomic E-state index is 13.1. The van der Waals surface area contributed by atoms with Crippen molar-refractivity contribution in [2.75, 3.05) is 39.6 Å². The van der Waals surface area contributed by atoms with Crippen LogP contribution in [-0.4, -0.2) is 96.7 Å². The quantitative estimate of drug-likeness (QED) is 0.0222. The van der Waals surface area contributed by atoms with Gasteiger partial charge in [-0.1, -0.05) is 350 Å². The van der Waals surface area contributed by atoms with Gasteiger partial charge in [0, 0.05) is 25.7 Å². The van der Waals surface area contributed by atoms with E-state index in [1.54, 1.807) is 0 Å². The maximum Gasteiger partial charge on any atom is 0.472 e. The van der Waals surface area contributed by atoms with Crippen molar-refractivity contribution in [3.8, 4) is 0 Å². The molecule has 3 N–H and O–H groups in total. The number of hydrogen-bond donors (Lipinski definition) is 3. The third-order valence-electron chi connectivity index (χ3n) is 18.3. The Kier molecular flexibility index (Phi) is 67.4. The predicted octanol–water partition coefficient (Wildman–Crippen LogP) is 22.7. The Bertz CT molecular complexity index is 1860. The Morgan fingerprint density at radius 2 is 0.531 bits per heavy atom. The molecule has 0 saturated heterocycles. The second kappa shape index (κ2) is 68.8. The highest BCUT2D eigenvalue weighted by atomic mass is 31.2. The molecule has 0 radical (unpaired) electrons. The van der Waals surface area contributed by atoms with Crippen molar-refractivity contribution in [2.45, 2.75) is 419 Å². The lowest BCUT2D eigenvalue weighted by Crippen LogP contribution is -2.30. The molecule has 0 aromatic heterocycles. The zero-order valence-electron chi connectivity index (χ0n) is 62.7. The van der Waals surface area contributed by atoms with Crippen molar-refractivity contribution in [2.24, 2.45) is 11.8 Å². The summed E-state index contributed by atoms with van der Waals surface area (Å²) in [7, 11) is -9.90. The number of ether oxygens (including phenoxy) is 4. The first-order chi connectivity index (χ1) is 46.4. The molecule has 0 spiro atoms. The Balaban J connectivity index is 5.13. The molecule has 0 aromatic carbocycles. The summed E-state index contributed by atoms with van der Waals surface area (Å²) in [5.41, 5.74) is 0. The standard InChI is InChI=1S/C77H150O17P2/c1-7-10-12-14-15-16-17-18-19-20-21-22-23-28-31-34-37-43-49-55-61-76(81)94-73(66-88-75(80)60-54-48-42-36-33-30-27-25-24-26-29-32-35-40-46-51-57-69(4)5)68-92-96(85,86)90-64-71(78)63-89-95(83,84)91-67-72(65-87-74(79)59-53-45-13-11-8-2)93-77(82)62-56-50-44-39-38-41-47-52-58-70(6)9-3/h69-73,78H,7-68H2,1-6H3,(H,83,84)(H,85,86)/t70?,71-,72+,73+/m0/s1. The molecular formula is C77H150O17P2. The Hall–Kier alpha value is -1.94. The van der Waals surface area contributed by atoms with Gasteiger partial charge in [0.05, 0.1) is 26.4 Å². The lowest BCUT2D eigenvalue weighted by molar-refractivity contribution is -0.161.